The van der Waals surface area contributed by atoms with Gasteiger partial charge in [-0.1, -0.05) is 23.7 Å². The van der Waals surface area contributed by atoms with E-state index >= 15 is 0 Å². The quantitative estimate of drug-likeness (QED) is 0.152. The van der Waals surface area contributed by atoms with Gasteiger partial charge in [0.1, 0.15) is 16.3 Å². The molecule has 0 aliphatic heterocycles. The maximum absolute atomic E-state index is 12.7. The van der Waals surface area contributed by atoms with E-state index in [9.17, 15) is 19.7 Å². The van der Waals surface area contributed by atoms with E-state index in [1.54, 1.807) is 36.6 Å². The van der Waals surface area contributed by atoms with Gasteiger partial charge in [0.25, 0.3) is 5.69 Å². The first kappa shape index (κ1) is 25.2. The molecule has 10 heteroatoms. The van der Waals surface area contributed by atoms with Crippen molar-refractivity contribution < 1.29 is 24.0 Å². The van der Waals surface area contributed by atoms with Gasteiger partial charge >= 0.3 is 5.97 Å². The zero-order valence-corrected chi connectivity index (χ0v) is 20.2. The molecule has 3 aromatic rings. The average molecular weight is 503 g/mol. The van der Waals surface area contributed by atoms with E-state index in [1.807, 2.05) is 13.0 Å². The number of non-ortho nitro benzene ring substituents is 1. The van der Waals surface area contributed by atoms with Crippen molar-refractivity contribution >= 4 is 45.5 Å². The van der Waals surface area contributed by atoms with E-state index in [-0.39, 0.29) is 30.2 Å². The number of nitrogens with one attached hydrogen (secondary N) is 1. The molecule has 0 aliphatic rings. The second-order valence-electron chi connectivity index (χ2n) is 7.29. The lowest BCUT2D eigenvalue weighted by molar-refractivity contribution is -0.384. The maximum atomic E-state index is 12.7. The number of esters is 1. The number of benzene rings is 2. The van der Waals surface area contributed by atoms with Crippen molar-refractivity contribution in [2.75, 3.05) is 18.5 Å². The smallest absolute Gasteiger partial charge is 0.341 e. The largest absolute Gasteiger partial charge is 0.494 e. The molecule has 0 saturated heterocycles. The van der Waals surface area contributed by atoms with Gasteiger partial charge in [-0.05, 0) is 49.6 Å². The van der Waals surface area contributed by atoms with Crippen LogP contribution in [0.15, 0.2) is 47.8 Å². The molecule has 0 aliphatic carbocycles. The fourth-order valence-corrected chi connectivity index (χ4v) is 4.27. The molecule has 1 amide bonds. The number of carbonyl (C=O) groups excluding carboxylic acids is 2. The molecule has 1 N–H and O–H groups in total. The van der Waals surface area contributed by atoms with Gasteiger partial charge in [0.05, 0.1) is 18.1 Å². The monoisotopic (exact) mass is 502 g/mol. The number of aryl methyl sites for hydroxylation is 1. The Balaban J connectivity index is 1.69. The molecule has 8 nitrogen and oxygen atoms in total. The van der Waals surface area contributed by atoms with Crippen molar-refractivity contribution in [2.45, 2.75) is 26.7 Å². The van der Waals surface area contributed by atoms with Crippen LogP contribution in [-0.4, -0.2) is 30.0 Å². The maximum Gasteiger partial charge on any atom is 0.341 e. The molecule has 0 unspecified atom stereocenters. The third kappa shape index (κ3) is 6.33. The van der Waals surface area contributed by atoms with Gasteiger partial charge in [-0.15, -0.1) is 11.3 Å². The van der Waals surface area contributed by atoms with Crippen molar-refractivity contribution in [2.24, 2.45) is 0 Å². The number of ether oxygens (including phenoxy) is 2. The Morgan fingerprint density at radius 1 is 1.21 bits per heavy atom. The summed E-state index contributed by atoms with van der Waals surface area (Å²) in [6.07, 6.45) is 0.643. The molecule has 0 saturated carbocycles. The van der Waals surface area contributed by atoms with Crippen LogP contribution in [-0.2, 0) is 9.53 Å². The summed E-state index contributed by atoms with van der Waals surface area (Å²) in [4.78, 5) is 35.8. The SMILES string of the molecule is CCOC(=O)c1c(-c2cccc([N+](=O)[O-])c2)csc1NC(=O)CCCOc1ccc(Cl)c(C)c1. The minimum atomic E-state index is -0.609. The number of rotatable bonds is 10. The van der Waals surface area contributed by atoms with Crippen LogP contribution in [0.3, 0.4) is 0 Å². The molecule has 34 heavy (non-hydrogen) atoms. The second kappa shape index (κ2) is 11.6. The standard InChI is InChI=1S/C24H23ClN2O6S/c1-3-32-24(29)22-19(16-6-4-7-17(13-16)27(30)31)14-34-23(22)26-21(28)8-5-11-33-18-9-10-20(25)15(2)12-18/h4,6-7,9-10,12-14H,3,5,8,11H2,1-2H3,(H,26,28). The molecule has 0 fully saturated rings. The third-order valence-corrected chi connectivity index (χ3v) is 6.16. The number of halogens is 1. The van der Waals surface area contributed by atoms with Crippen LogP contribution >= 0.6 is 22.9 Å². The molecular weight excluding hydrogens is 480 g/mol. The van der Waals surface area contributed by atoms with Crippen LogP contribution in [0.1, 0.15) is 35.7 Å². The van der Waals surface area contributed by atoms with Crippen molar-refractivity contribution in [3.63, 3.8) is 0 Å². The van der Waals surface area contributed by atoms with Crippen LogP contribution in [0.2, 0.25) is 5.02 Å². The number of anilines is 1. The number of carbonyl (C=O) groups is 2. The molecule has 3 rings (SSSR count). The van der Waals surface area contributed by atoms with Crippen LogP contribution in [0.5, 0.6) is 5.75 Å². The van der Waals surface area contributed by atoms with Crippen molar-refractivity contribution in [1.82, 2.24) is 0 Å². The van der Waals surface area contributed by atoms with Gasteiger partial charge in [-0.3, -0.25) is 14.9 Å². The molecule has 0 spiro atoms. The Morgan fingerprint density at radius 3 is 2.71 bits per heavy atom. The summed E-state index contributed by atoms with van der Waals surface area (Å²) in [5, 5.41) is 16.6. The third-order valence-electron chi connectivity index (χ3n) is 4.84. The van der Waals surface area contributed by atoms with Crippen LogP contribution in [0, 0.1) is 17.0 Å². The van der Waals surface area contributed by atoms with Gasteiger partial charge in [0, 0.05) is 34.5 Å². The zero-order valence-electron chi connectivity index (χ0n) is 18.6. The first-order valence-electron chi connectivity index (χ1n) is 10.5. The molecule has 2 aromatic carbocycles. The summed E-state index contributed by atoms with van der Waals surface area (Å²) in [6, 6.07) is 11.3. The second-order valence-corrected chi connectivity index (χ2v) is 8.58. The lowest BCUT2D eigenvalue weighted by Crippen LogP contribution is -2.15. The first-order valence-corrected chi connectivity index (χ1v) is 11.8. The Labute approximate surface area is 205 Å². The summed E-state index contributed by atoms with van der Waals surface area (Å²) >= 11 is 7.17. The Morgan fingerprint density at radius 2 is 2.00 bits per heavy atom. The van der Waals surface area contributed by atoms with Crippen molar-refractivity contribution in [1.29, 1.82) is 0 Å². The van der Waals surface area contributed by atoms with E-state index in [1.165, 1.54) is 12.1 Å². The predicted molar refractivity (Wildman–Crippen MR) is 132 cm³/mol. The summed E-state index contributed by atoms with van der Waals surface area (Å²) in [7, 11) is 0. The average Bonchev–Trinajstić information content (AvgIpc) is 3.22. The van der Waals surface area contributed by atoms with Crippen LogP contribution in [0.25, 0.3) is 11.1 Å². The molecule has 0 atom stereocenters. The van der Waals surface area contributed by atoms with E-state index in [2.05, 4.69) is 5.32 Å². The summed E-state index contributed by atoms with van der Waals surface area (Å²) in [6.45, 7) is 4.05. The highest BCUT2D eigenvalue weighted by molar-refractivity contribution is 7.15. The number of hydrogen-bond donors (Lipinski definition) is 1. The van der Waals surface area contributed by atoms with Crippen molar-refractivity contribution in [3.8, 4) is 16.9 Å². The predicted octanol–water partition coefficient (Wildman–Crippen LogP) is 6.26. The number of thiophene rings is 1. The molecule has 0 bridgehead atoms. The highest BCUT2D eigenvalue weighted by Gasteiger charge is 2.23. The topological polar surface area (TPSA) is 108 Å². The number of amides is 1. The van der Waals surface area contributed by atoms with E-state index in [0.29, 0.717) is 39.9 Å². The molecule has 0 radical (unpaired) electrons. The lowest BCUT2D eigenvalue weighted by Gasteiger charge is -2.10. The highest BCUT2D eigenvalue weighted by atomic mass is 35.5. The minimum absolute atomic E-state index is 0.0972. The Bertz CT molecular complexity index is 1210. The summed E-state index contributed by atoms with van der Waals surface area (Å²) < 4.78 is 10.8. The number of nitro benzene ring substituents is 1. The fraction of sp³-hybridized carbons (Fsp3) is 0.250. The van der Waals surface area contributed by atoms with Gasteiger partial charge in [0.2, 0.25) is 5.91 Å². The normalized spacial score (nSPS) is 10.6. The lowest BCUT2D eigenvalue weighted by atomic mass is 10.0. The summed E-state index contributed by atoms with van der Waals surface area (Å²) in [5.41, 5.74) is 1.93. The Kier molecular flexibility index (Phi) is 8.61. The molecule has 1 heterocycles. The van der Waals surface area contributed by atoms with Gasteiger partial charge < -0.3 is 14.8 Å². The van der Waals surface area contributed by atoms with E-state index in [0.717, 1.165) is 16.9 Å². The van der Waals surface area contributed by atoms with Crippen LogP contribution < -0.4 is 10.1 Å². The number of nitrogens with zero attached hydrogens (tertiary/aromatic N) is 1. The van der Waals surface area contributed by atoms with E-state index in [4.69, 9.17) is 21.1 Å². The van der Waals surface area contributed by atoms with E-state index < -0.39 is 10.9 Å². The van der Waals surface area contributed by atoms with Gasteiger partial charge in [-0.25, -0.2) is 4.79 Å². The van der Waals surface area contributed by atoms with Gasteiger partial charge in [-0.2, -0.15) is 0 Å². The zero-order chi connectivity index (χ0) is 24.7. The van der Waals surface area contributed by atoms with Crippen molar-refractivity contribution in [3.05, 3.63) is 74.1 Å². The minimum Gasteiger partial charge on any atom is -0.494 e. The highest BCUT2D eigenvalue weighted by Crippen LogP contribution is 2.37. The van der Waals surface area contributed by atoms with Crippen LogP contribution in [0.4, 0.5) is 10.7 Å². The molecule has 1 aromatic heterocycles. The number of hydrogen-bond acceptors (Lipinski definition) is 7. The first-order chi connectivity index (χ1) is 16.3. The number of nitro groups is 1. The van der Waals surface area contributed by atoms with Gasteiger partial charge in [0.15, 0.2) is 0 Å². The molecular formula is C24H23ClN2O6S. The molecule has 178 valence electrons. The fourth-order valence-electron chi connectivity index (χ4n) is 3.17. The Hall–Kier alpha value is -3.43. The summed E-state index contributed by atoms with van der Waals surface area (Å²) in [5.74, 6) is -0.220.